The highest BCUT2D eigenvalue weighted by atomic mass is 35.5. The molecule has 134 valence electrons. The van der Waals surface area contributed by atoms with Gasteiger partial charge in [-0.15, -0.1) is 0 Å². The van der Waals surface area contributed by atoms with Crippen LogP contribution < -0.4 is 0 Å². The van der Waals surface area contributed by atoms with Crippen molar-refractivity contribution < 1.29 is 0 Å². The molecule has 1 aliphatic rings. The zero-order valence-electron chi connectivity index (χ0n) is 15.0. The molecule has 0 radical (unpaired) electrons. The van der Waals surface area contributed by atoms with Crippen molar-refractivity contribution in [2.45, 2.75) is 64.2 Å². The summed E-state index contributed by atoms with van der Waals surface area (Å²) in [5, 5.41) is 0.863. The monoisotopic (exact) mass is 375 g/mol. The first-order chi connectivity index (χ1) is 12.2. The second-order valence-corrected chi connectivity index (χ2v) is 8.10. The van der Waals surface area contributed by atoms with E-state index in [9.17, 15) is 0 Å². The molecule has 0 spiro atoms. The molecule has 3 heteroatoms. The average molecular weight is 376 g/mol. The van der Waals surface area contributed by atoms with Crippen molar-refractivity contribution in [1.82, 2.24) is 4.98 Å². The third-order valence-corrected chi connectivity index (χ3v) is 6.26. The first-order valence-corrected chi connectivity index (χ1v) is 10.3. The van der Waals surface area contributed by atoms with Crippen LogP contribution in [0.5, 0.6) is 0 Å². The first-order valence-electron chi connectivity index (χ1n) is 9.58. The molecule has 3 rings (SSSR count). The fourth-order valence-corrected chi connectivity index (χ4v) is 4.26. The molecule has 1 aromatic carbocycles. The minimum atomic E-state index is 0.359. The van der Waals surface area contributed by atoms with Crippen molar-refractivity contribution in [3.05, 3.63) is 52.3 Å². The summed E-state index contributed by atoms with van der Waals surface area (Å²) < 4.78 is 0. The fourth-order valence-electron chi connectivity index (χ4n) is 3.99. The minimum Gasteiger partial charge on any atom is -0.242 e. The summed E-state index contributed by atoms with van der Waals surface area (Å²) in [5.74, 6) is 1.69. The van der Waals surface area contributed by atoms with Crippen molar-refractivity contribution in [3.63, 3.8) is 0 Å². The molecule has 1 aromatic heterocycles. The van der Waals surface area contributed by atoms with Crippen LogP contribution in [0.15, 0.2) is 36.5 Å². The maximum Gasteiger partial charge on any atom is 0.147 e. The van der Waals surface area contributed by atoms with Gasteiger partial charge in [0, 0.05) is 11.8 Å². The number of rotatable bonds is 6. The summed E-state index contributed by atoms with van der Waals surface area (Å²) in [4.78, 5) is 4.14. The van der Waals surface area contributed by atoms with Gasteiger partial charge in [-0.3, -0.25) is 0 Å². The van der Waals surface area contributed by atoms with Gasteiger partial charge in [-0.1, -0.05) is 80.1 Å². The van der Waals surface area contributed by atoms with Crippen LogP contribution in [0.4, 0.5) is 0 Å². The Kier molecular flexibility index (Phi) is 6.78. The molecule has 0 aliphatic heterocycles. The maximum atomic E-state index is 6.08. The second-order valence-electron chi connectivity index (χ2n) is 7.33. The number of benzene rings is 1. The summed E-state index contributed by atoms with van der Waals surface area (Å²) in [5.41, 5.74) is 3.63. The molecule has 2 aromatic rings. The van der Waals surface area contributed by atoms with Gasteiger partial charge in [0.1, 0.15) is 5.15 Å². The van der Waals surface area contributed by atoms with Gasteiger partial charge in [-0.25, -0.2) is 4.98 Å². The molecule has 0 atom stereocenters. The quantitative estimate of drug-likeness (QED) is 0.369. The summed E-state index contributed by atoms with van der Waals surface area (Å²) in [6.45, 7) is 2.29. The highest BCUT2D eigenvalue weighted by molar-refractivity contribution is 6.41. The van der Waals surface area contributed by atoms with Crippen molar-refractivity contribution in [2.24, 2.45) is 5.92 Å². The van der Waals surface area contributed by atoms with Crippen LogP contribution in [-0.4, -0.2) is 4.98 Å². The summed E-state index contributed by atoms with van der Waals surface area (Å²) in [7, 11) is 0. The SMILES string of the molecule is CCCCC[C@H]1CC[C@H](c2ccc(-c3cnc(Cl)c(Cl)c3)cc2)CC1. The average Bonchev–Trinajstić information content (AvgIpc) is 2.65. The smallest absolute Gasteiger partial charge is 0.147 e. The number of unbranched alkanes of at least 4 members (excludes halogenated alkanes) is 2. The third-order valence-electron chi connectivity index (χ3n) is 5.57. The molecule has 0 amide bonds. The standard InChI is InChI=1S/C22H27Cl2N/c1-2-3-4-5-16-6-8-17(9-7-16)18-10-12-19(13-11-18)20-14-21(23)22(24)25-15-20/h10-17H,2-9H2,1H3/t16-,17-. The van der Waals surface area contributed by atoms with Gasteiger partial charge in [-0.2, -0.15) is 0 Å². The first kappa shape index (κ1) is 18.7. The number of halogens is 2. The van der Waals surface area contributed by atoms with Crippen molar-refractivity contribution in [3.8, 4) is 11.1 Å². The Bertz CT molecular complexity index is 673. The predicted molar refractivity (Wildman–Crippen MR) is 109 cm³/mol. The summed E-state index contributed by atoms with van der Waals surface area (Å²) >= 11 is 12.0. The van der Waals surface area contributed by atoms with Gasteiger partial charge in [0.05, 0.1) is 5.02 Å². The van der Waals surface area contributed by atoms with Crippen LogP contribution in [0.25, 0.3) is 11.1 Å². The minimum absolute atomic E-state index is 0.359. The van der Waals surface area contributed by atoms with Crippen LogP contribution in [0, 0.1) is 5.92 Å². The predicted octanol–water partition coefficient (Wildman–Crippen LogP) is 7.91. The zero-order valence-corrected chi connectivity index (χ0v) is 16.5. The van der Waals surface area contributed by atoms with E-state index in [1.54, 1.807) is 6.20 Å². The summed E-state index contributed by atoms with van der Waals surface area (Å²) in [6, 6.07) is 10.8. The highest BCUT2D eigenvalue weighted by Crippen LogP contribution is 2.38. The maximum absolute atomic E-state index is 6.08. The van der Waals surface area contributed by atoms with E-state index in [0.717, 1.165) is 23.0 Å². The summed E-state index contributed by atoms with van der Waals surface area (Å²) in [6.07, 6.45) is 12.8. The molecule has 0 unspecified atom stereocenters. The van der Waals surface area contributed by atoms with Gasteiger partial charge in [0.25, 0.3) is 0 Å². The number of aromatic nitrogens is 1. The van der Waals surface area contributed by atoms with Gasteiger partial charge in [0.2, 0.25) is 0 Å². The van der Waals surface area contributed by atoms with Crippen LogP contribution in [-0.2, 0) is 0 Å². The second kappa shape index (κ2) is 9.05. The van der Waals surface area contributed by atoms with E-state index >= 15 is 0 Å². The molecule has 0 bridgehead atoms. The fraction of sp³-hybridized carbons (Fsp3) is 0.500. The molecule has 1 saturated carbocycles. The lowest BCUT2D eigenvalue weighted by Crippen LogP contribution is -2.13. The lowest BCUT2D eigenvalue weighted by molar-refractivity contribution is 0.303. The topological polar surface area (TPSA) is 12.9 Å². The Hall–Kier alpha value is -1.05. The zero-order chi connectivity index (χ0) is 17.6. The van der Waals surface area contributed by atoms with Gasteiger partial charge >= 0.3 is 0 Å². The Morgan fingerprint density at radius 3 is 2.32 bits per heavy atom. The van der Waals surface area contributed by atoms with Crippen LogP contribution in [0.1, 0.15) is 69.8 Å². The molecule has 0 N–H and O–H groups in total. The van der Waals surface area contributed by atoms with E-state index in [0.29, 0.717) is 10.2 Å². The molecule has 1 nitrogen and oxygen atoms in total. The normalized spacial score (nSPS) is 20.6. The van der Waals surface area contributed by atoms with Crippen LogP contribution >= 0.6 is 23.2 Å². The van der Waals surface area contributed by atoms with E-state index in [-0.39, 0.29) is 0 Å². The Balaban J connectivity index is 1.59. The molecule has 1 fully saturated rings. The molecular weight excluding hydrogens is 349 g/mol. The largest absolute Gasteiger partial charge is 0.242 e. The molecular formula is C22H27Cl2N. The van der Waals surface area contributed by atoms with Crippen LogP contribution in [0.3, 0.4) is 0 Å². The highest BCUT2D eigenvalue weighted by Gasteiger charge is 2.22. The van der Waals surface area contributed by atoms with Crippen molar-refractivity contribution in [1.29, 1.82) is 0 Å². The lowest BCUT2D eigenvalue weighted by Gasteiger charge is -2.29. The van der Waals surface area contributed by atoms with E-state index in [2.05, 4.69) is 36.2 Å². The number of hydrogen-bond donors (Lipinski definition) is 0. The van der Waals surface area contributed by atoms with Crippen LogP contribution in [0.2, 0.25) is 10.2 Å². The van der Waals surface area contributed by atoms with E-state index < -0.39 is 0 Å². The Morgan fingerprint density at radius 1 is 0.960 bits per heavy atom. The van der Waals surface area contributed by atoms with Gasteiger partial charge in [-0.05, 0) is 54.7 Å². The van der Waals surface area contributed by atoms with Crippen molar-refractivity contribution >= 4 is 23.2 Å². The number of nitrogens with zero attached hydrogens (tertiary/aromatic N) is 1. The number of hydrogen-bond acceptors (Lipinski definition) is 1. The molecule has 25 heavy (non-hydrogen) atoms. The van der Waals surface area contributed by atoms with E-state index in [1.165, 1.54) is 56.9 Å². The molecule has 1 aliphatic carbocycles. The van der Waals surface area contributed by atoms with Gasteiger partial charge in [0.15, 0.2) is 0 Å². The van der Waals surface area contributed by atoms with E-state index in [4.69, 9.17) is 23.2 Å². The Morgan fingerprint density at radius 2 is 1.68 bits per heavy atom. The molecule has 1 heterocycles. The number of pyridine rings is 1. The Labute approximate surface area is 161 Å². The van der Waals surface area contributed by atoms with Gasteiger partial charge < -0.3 is 0 Å². The van der Waals surface area contributed by atoms with E-state index in [1.807, 2.05) is 6.07 Å². The van der Waals surface area contributed by atoms with Crippen molar-refractivity contribution in [2.75, 3.05) is 0 Å². The molecule has 0 saturated heterocycles. The lowest BCUT2D eigenvalue weighted by atomic mass is 9.77. The third kappa shape index (κ3) is 4.99.